The van der Waals surface area contributed by atoms with Crippen LogP contribution >= 0.6 is 47.0 Å². The molecule has 0 saturated heterocycles. The molecule has 0 aliphatic rings. The molecule has 0 spiro atoms. The number of ether oxygens (including phenoxy) is 1. The van der Waals surface area contributed by atoms with E-state index in [-0.39, 0.29) is 22.4 Å². The summed E-state index contributed by atoms with van der Waals surface area (Å²) in [7, 11) is 1.41. The van der Waals surface area contributed by atoms with Gasteiger partial charge in [0, 0.05) is 6.42 Å². The van der Waals surface area contributed by atoms with E-state index in [1.165, 1.54) is 70.6 Å². The average Bonchev–Trinajstić information content (AvgIpc) is 2.81. The van der Waals surface area contributed by atoms with Crippen molar-refractivity contribution in [1.29, 1.82) is 0 Å². The van der Waals surface area contributed by atoms with Gasteiger partial charge in [0.05, 0.1) is 18.1 Å². The van der Waals surface area contributed by atoms with Gasteiger partial charge in [-0.05, 0) is 30.8 Å². The zero-order chi connectivity index (χ0) is 27.0. The number of benzene rings is 1. The summed E-state index contributed by atoms with van der Waals surface area (Å²) in [5, 5.41) is 19.4. The van der Waals surface area contributed by atoms with Crippen LogP contribution in [0.25, 0.3) is 0 Å². The van der Waals surface area contributed by atoms with Crippen LogP contribution < -0.4 is 20.7 Å². The number of carbonyl (C=O) groups excluding carboxylic acids is 1. The first-order valence-corrected chi connectivity index (χ1v) is 13.9. The Hall–Kier alpha value is -1.55. The lowest BCUT2D eigenvalue weighted by Crippen LogP contribution is -2.56. The number of alkyl halides is 3. The highest BCUT2D eigenvalue weighted by molar-refractivity contribution is 7.80. The Kier molecular flexibility index (Phi) is 16.1. The monoisotopic (exact) mass is 582 g/mol. The third-order valence-electron chi connectivity index (χ3n) is 5.57. The molecule has 1 amide bonds. The largest absolute Gasteiger partial charge is 0.496 e. The highest BCUT2D eigenvalue weighted by Crippen LogP contribution is 2.31. The number of nitro benzene ring substituents is 1. The predicted octanol–water partition coefficient (Wildman–Crippen LogP) is 7.40. The Bertz CT molecular complexity index is 840. The Morgan fingerprint density at radius 2 is 1.58 bits per heavy atom. The van der Waals surface area contributed by atoms with E-state index in [0.29, 0.717) is 12.2 Å². The predicted molar refractivity (Wildman–Crippen MR) is 152 cm³/mol. The number of carbonyl (C=O) groups is 1. The number of halogens is 3. The van der Waals surface area contributed by atoms with Crippen LogP contribution in [0.15, 0.2) is 18.2 Å². The summed E-state index contributed by atoms with van der Waals surface area (Å²) in [6, 6.07) is 4.24. The van der Waals surface area contributed by atoms with Crippen LogP contribution in [0.5, 0.6) is 5.75 Å². The summed E-state index contributed by atoms with van der Waals surface area (Å²) >= 11 is 23.3. The maximum absolute atomic E-state index is 12.4. The molecule has 0 aliphatic heterocycles. The molecule has 0 bridgehead atoms. The van der Waals surface area contributed by atoms with Crippen LogP contribution in [0.4, 0.5) is 11.4 Å². The second-order valence-electron chi connectivity index (χ2n) is 8.57. The smallest absolute Gasteiger partial charge is 0.296 e. The number of rotatable bonds is 17. The Balaban J connectivity index is 2.44. The van der Waals surface area contributed by atoms with E-state index in [2.05, 4.69) is 22.9 Å². The summed E-state index contributed by atoms with van der Waals surface area (Å²) < 4.78 is 3.11. The maximum atomic E-state index is 12.4. The van der Waals surface area contributed by atoms with Crippen molar-refractivity contribution >= 4 is 69.4 Å². The van der Waals surface area contributed by atoms with E-state index in [1.807, 2.05) is 0 Å². The molecular weight excluding hydrogens is 547 g/mol. The van der Waals surface area contributed by atoms with Gasteiger partial charge in [0.1, 0.15) is 17.6 Å². The van der Waals surface area contributed by atoms with Gasteiger partial charge in [0.15, 0.2) is 5.11 Å². The Labute approximate surface area is 234 Å². The topological polar surface area (TPSA) is 106 Å². The normalized spacial score (nSPS) is 12.0. The molecule has 8 nitrogen and oxygen atoms in total. The number of amides is 1. The molecule has 0 heterocycles. The first-order valence-electron chi connectivity index (χ1n) is 12.3. The second kappa shape index (κ2) is 17.8. The third kappa shape index (κ3) is 13.7. The number of anilines is 1. The van der Waals surface area contributed by atoms with Crippen LogP contribution in [0.1, 0.15) is 84.0 Å². The molecule has 12 heteroatoms. The van der Waals surface area contributed by atoms with Crippen molar-refractivity contribution in [3.8, 4) is 5.75 Å². The summed E-state index contributed by atoms with van der Waals surface area (Å²) in [5.74, 6) is 0.0351. The summed E-state index contributed by atoms with van der Waals surface area (Å²) in [6.45, 7) is 2.22. The molecule has 3 N–H and O–H groups in total. The van der Waals surface area contributed by atoms with Gasteiger partial charge >= 0.3 is 0 Å². The zero-order valence-corrected chi connectivity index (χ0v) is 24.0. The quantitative estimate of drug-likeness (QED) is 0.0438. The number of nitrogens with one attached hydrogen (secondary N) is 3. The summed E-state index contributed by atoms with van der Waals surface area (Å²) in [5.41, 5.74) is -0.127. The van der Waals surface area contributed by atoms with Gasteiger partial charge in [-0.3, -0.25) is 14.9 Å². The molecule has 204 valence electrons. The molecule has 0 fully saturated rings. The van der Waals surface area contributed by atoms with Crippen molar-refractivity contribution < 1.29 is 14.5 Å². The highest BCUT2D eigenvalue weighted by atomic mass is 35.6. The molecule has 1 aromatic carbocycles. The number of hydrogen-bond acceptors (Lipinski definition) is 5. The SMILES string of the molecule is CCCCCCCCCCCCCC(=O)N[C@H](NC(=S)Nc1ccc(OC)cc1[N+](=O)[O-])C(Cl)(Cl)Cl. The molecule has 1 aromatic rings. The first kappa shape index (κ1) is 32.5. The van der Waals surface area contributed by atoms with Crippen LogP contribution in [0.2, 0.25) is 0 Å². The summed E-state index contributed by atoms with van der Waals surface area (Å²) in [6.07, 6.45) is 12.1. The molecule has 36 heavy (non-hydrogen) atoms. The van der Waals surface area contributed by atoms with Gasteiger partial charge in [-0.1, -0.05) is 106 Å². The maximum Gasteiger partial charge on any atom is 0.296 e. The van der Waals surface area contributed by atoms with Gasteiger partial charge in [-0.15, -0.1) is 0 Å². The molecule has 0 aliphatic carbocycles. The van der Waals surface area contributed by atoms with Crippen molar-refractivity contribution in [3.05, 3.63) is 28.3 Å². The molecule has 0 aromatic heterocycles. The lowest BCUT2D eigenvalue weighted by Gasteiger charge is -2.27. The number of unbranched alkanes of at least 4 members (excludes halogenated alkanes) is 10. The minimum atomic E-state index is -1.91. The van der Waals surface area contributed by atoms with Crippen molar-refractivity contribution in [2.75, 3.05) is 12.4 Å². The van der Waals surface area contributed by atoms with E-state index in [9.17, 15) is 14.9 Å². The lowest BCUT2D eigenvalue weighted by atomic mass is 10.1. The first-order chi connectivity index (χ1) is 17.1. The van der Waals surface area contributed by atoms with Crippen LogP contribution in [0.3, 0.4) is 0 Å². The molecule has 0 radical (unpaired) electrons. The molecule has 1 atom stereocenters. The van der Waals surface area contributed by atoms with E-state index >= 15 is 0 Å². The van der Waals surface area contributed by atoms with Gasteiger partial charge in [-0.25, -0.2) is 0 Å². The number of nitrogens with zero attached hydrogens (tertiary/aromatic N) is 1. The Morgan fingerprint density at radius 3 is 2.08 bits per heavy atom. The van der Waals surface area contributed by atoms with Gasteiger partial charge in [0.25, 0.3) is 5.69 Å². The number of nitro groups is 1. The lowest BCUT2D eigenvalue weighted by molar-refractivity contribution is -0.384. The third-order valence-corrected chi connectivity index (χ3v) is 6.44. The van der Waals surface area contributed by atoms with Crippen molar-refractivity contribution in [2.45, 2.75) is 93.9 Å². The summed E-state index contributed by atoms with van der Waals surface area (Å²) in [4.78, 5) is 23.2. The van der Waals surface area contributed by atoms with E-state index in [1.54, 1.807) is 6.07 Å². The van der Waals surface area contributed by atoms with Crippen molar-refractivity contribution in [3.63, 3.8) is 0 Å². The fourth-order valence-corrected chi connectivity index (χ4v) is 4.12. The molecule has 0 unspecified atom stereocenters. The van der Waals surface area contributed by atoms with E-state index in [0.717, 1.165) is 19.3 Å². The van der Waals surface area contributed by atoms with Gasteiger partial charge in [0.2, 0.25) is 9.70 Å². The van der Waals surface area contributed by atoms with Crippen LogP contribution in [-0.2, 0) is 4.79 Å². The van der Waals surface area contributed by atoms with Crippen LogP contribution in [0, 0.1) is 10.1 Å². The van der Waals surface area contributed by atoms with Crippen LogP contribution in [-0.4, -0.2) is 33.0 Å². The van der Waals surface area contributed by atoms with Gasteiger partial charge in [-0.2, -0.15) is 0 Å². The molecular formula is C24H37Cl3N4O4S. The average molecular weight is 584 g/mol. The van der Waals surface area contributed by atoms with Gasteiger partial charge < -0.3 is 20.7 Å². The van der Waals surface area contributed by atoms with E-state index in [4.69, 9.17) is 51.8 Å². The zero-order valence-electron chi connectivity index (χ0n) is 20.9. The van der Waals surface area contributed by atoms with Crippen molar-refractivity contribution in [1.82, 2.24) is 10.6 Å². The highest BCUT2D eigenvalue weighted by Gasteiger charge is 2.34. The minimum absolute atomic E-state index is 0.0606. The fraction of sp³-hybridized carbons (Fsp3) is 0.667. The standard InChI is InChI=1S/C24H37Cl3N4O4S/c1-3-4-5-6-7-8-9-10-11-12-13-14-21(32)29-22(24(25,26)27)30-23(36)28-19-16-15-18(35-2)17-20(19)31(33)34/h15-17,22H,3-14H2,1-2H3,(H,29,32)(H2,28,30,36)/t22-/m1/s1. The van der Waals surface area contributed by atoms with Crippen molar-refractivity contribution in [2.24, 2.45) is 0 Å². The fourth-order valence-electron chi connectivity index (χ4n) is 3.57. The number of thiocarbonyl (C=S) groups is 1. The number of hydrogen-bond donors (Lipinski definition) is 3. The number of methoxy groups -OCH3 is 1. The van der Waals surface area contributed by atoms with E-state index < -0.39 is 14.9 Å². The second-order valence-corrected chi connectivity index (χ2v) is 11.3. The Morgan fingerprint density at radius 1 is 1.03 bits per heavy atom. The minimum Gasteiger partial charge on any atom is -0.496 e. The molecule has 1 rings (SSSR count). The molecule has 0 saturated carbocycles.